The zero-order valence-electron chi connectivity index (χ0n) is 10.9. The van der Waals surface area contributed by atoms with E-state index in [9.17, 15) is 8.42 Å². The lowest BCUT2D eigenvalue weighted by Gasteiger charge is -2.26. The average molecular weight is 267 g/mol. The maximum Gasteiger partial charge on any atom is 0.151 e. The van der Waals surface area contributed by atoms with Crippen LogP contribution in [0.5, 0.6) is 0 Å². The molecule has 4 heteroatoms. The molecular weight excluding hydrogens is 246 g/mol. The number of likely N-dealkylation sites (tertiary alicyclic amines) is 1. The first kappa shape index (κ1) is 13.6. The SMILES string of the molecule is CS(=O)(=O)Cc1cccc(CN2CCCCC2)c1. The molecule has 2 rings (SSSR count). The van der Waals surface area contributed by atoms with Gasteiger partial charge in [0.15, 0.2) is 9.84 Å². The molecule has 0 atom stereocenters. The third-order valence-corrected chi connectivity index (χ3v) is 4.13. The van der Waals surface area contributed by atoms with E-state index < -0.39 is 9.84 Å². The van der Waals surface area contributed by atoms with Gasteiger partial charge in [-0.2, -0.15) is 0 Å². The molecule has 1 fully saturated rings. The summed E-state index contributed by atoms with van der Waals surface area (Å²) in [5, 5.41) is 0. The molecule has 0 saturated carbocycles. The van der Waals surface area contributed by atoms with E-state index in [1.807, 2.05) is 18.2 Å². The lowest BCUT2D eigenvalue weighted by Crippen LogP contribution is -2.29. The van der Waals surface area contributed by atoms with Crippen molar-refractivity contribution in [2.75, 3.05) is 19.3 Å². The number of piperidine rings is 1. The zero-order valence-corrected chi connectivity index (χ0v) is 11.7. The van der Waals surface area contributed by atoms with Crippen molar-refractivity contribution in [1.82, 2.24) is 4.90 Å². The van der Waals surface area contributed by atoms with Gasteiger partial charge in [0.1, 0.15) is 0 Å². The van der Waals surface area contributed by atoms with Crippen LogP contribution >= 0.6 is 0 Å². The third kappa shape index (κ3) is 4.42. The van der Waals surface area contributed by atoms with Crippen molar-refractivity contribution in [3.05, 3.63) is 35.4 Å². The Morgan fingerprint density at radius 1 is 1.11 bits per heavy atom. The van der Waals surface area contributed by atoms with Crippen LogP contribution in [-0.2, 0) is 22.1 Å². The van der Waals surface area contributed by atoms with Crippen molar-refractivity contribution in [3.8, 4) is 0 Å². The van der Waals surface area contributed by atoms with Gasteiger partial charge < -0.3 is 0 Å². The van der Waals surface area contributed by atoms with Crippen molar-refractivity contribution >= 4 is 9.84 Å². The second-order valence-electron chi connectivity index (χ2n) is 5.23. The van der Waals surface area contributed by atoms with Crippen molar-refractivity contribution < 1.29 is 8.42 Å². The molecule has 0 N–H and O–H groups in total. The maximum atomic E-state index is 11.3. The van der Waals surface area contributed by atoms with Gasteiger partial charge in [-0.15, -0.1) is 0 Å². The third-order valence-electron chi connectivity index (χ3n) is 3.28. The minimum absolute atomic E-state index is 0.140. The first-order valence-corrected chi connectivity index (χ1v) is 8.57. The summed E-state index contributed by atoms with van der Waals surface area (Å²) in [6, 6.07) is 7.95. The Labute approximate surface area is 110 Å². The molecule has 1 aromatic carbocycles. The van der Waals surface area contributed by atoms with Gasteiger partial charge in [-0.05, 0) is 37.1 Å². The molecule has 3 nitrogen and oxygen atoms in total. The monoisotopic (exact) mass is 267 g/mol. The Hall–Kier alpha value is -0.870. The average Bonchev–Trinajstić information content (AvgIpc) is 2.28. The number of hydrogen-bond acceptors (Lipinski definition) is 3. The van der Waals surface area contributed by atoms with Crippen LogP contribution < -0.4 is 0 Å². The number of rotatable bonds is 4. The normalized spacial score (nSPS) is 17.8. The Bertz CT molecular complexity index is 490. The van der Waals surface area contributed by atoms with Crippen molar-refractivity contribution in [2.24, 2.45) is 0 Å². The molecule has 1 saturated heterocycles. The fourth-order valence-corrected chi connectivity index (χ4v) is 3.28. The molecular formula is C14H21NO2S. The number of hydrogen-bond donors (Lipinski definition) is 0. The van der Waals surface area contributed by atoms with Crippen LogP contribution in [0.1, 0.15) is 30.4 Å². The maximum absolute atomic E-state index is 11.3. The van der Waals surface area contributed by atoms with Gasteiger partial charge in [-0.3, -0.25) is 4.90 Å². The number of nitrogens with zero attached hydrogens (tertiary/aromatic N) is 1. The Morgan fingerprint density at radius 2 is 1.78 bits per heavy atom. The van der Waals surface area contributed by atoms with Crippen LogP contribution in [-0.4, -0.2) is 32.7 Å². The van der Waals surface area contributed by atoms with E-state index in [-0.39, 0.29) is 5.75 Å². The standard InChI is InChI=1S/C14H21NO2S/c1-18(16,17)12-14-7-5-6-13(10-14)11-15-8-3-2-4-9-15/h5-7,10H,2-4,8-9,11-12H2,1H3. The Kier molecular flexibility index (Phi) is 4.40. The van der Waals surface area contributed by atoms with Gasteiger partial charge in [-0.25, -0.2) is 8.42 Å². The molecule has 0 bridgehead atoms. The predicted octanol–water partition coefficient (Wildman–Crippen LogP) is 2.22. The summed E-state index contributed by atoms with van der Waals surface area (Å²) in [5.74, 6) is 0.140. The smallest absolute Gasteiger partial charge is 0.151 e. The van der Waals surface area contributed by atoms with E-state index in [1.165, 1.54) is 31.1 Å². The molecule has 0 amide bonds. The van der Waals surface area contributed by atoms with E-state index in [0.29, 0.717) is 0 Å². The highest BCUT2D eigenvalue weighted by Crippen LogP contribution is 2.15. The van der Waals surface area contributed by atoms with Gasteiger partial charge in [0.25, 0.3) is 0 Å². The van der Waals surface area contributed by atoms with Crippen LogP contribution in [0, 0.1) is 0 Å². The molecule has 1 aromatic rings. The molecule has 0 aliphatic carbocycles. The number of sulfone groups is 1. The molecule has 0 radical (unpaired) electrons. The summed E-state index contributed by atoms with van der Waals surface area (Å²) < 4.78 is 22.6. The van der Waals surface area contributed by atoms with E-state index in [0.717, 1.165) is 25.2 Å². The van der Waals surface area contributed by atoms with Gasteiger partial charge in [0, 0.05) is 12.8 Å². The Morgan fingerprint density at radius 3 is 2.44 bits per heavy atom. The second kappa shape index (κ2) is 5.85. The zero-order chi connectivity index (χ0) is 13.0. The molecule has 100 valence electrons. The molecule has 1 aliphatic rings. The minimum Gasteiger partial charge on any atom is -0.299 e. The Balaban J connectivity index is 2.02. The summed E-state index contributed by atoms with van der Waals surface area (Å²) in [7, 11) is -2.94. The van der Waals surface area contributed by atoms with Crippen molar-refractivity contribution in [2.45, 2.75) is 31.6 Å². The van der Waals surface area contributed by atoms with Crippen LogP contribution in [0.4, 0.5) is 0 Å². The predicted molar refractivity (Wildman–Crippen MR) is 74.1 cm³/mol. The van der Waals surface area contributed by atoms with E-state index in [2.05, 4.69) is 11.0 Å². The fraction of sp³-hybridized carbons (Fsp3) is 0.571. The van der Waals surface area contributed by atoms with Gasteiger partial charge in [0.2, 0.25) is 0 Å². The highest BCUT2D eigenvalue weighted by Gasteiger charge is 2.11. The highest BCUT2D eigenvalue weighted by molar-refractivity contribution is 7.89. The summed E-state index contributed by atoms with van der Waals surface area (Å²) in [4.78, 5) is 2.45. The molecule has 0 unspecified atom stereocenters. The van der Waals surface area contributed by atoms with Gasteiger partial charge in [-0.1, -0.05) is 30.7 Å². The summed E-state index contributed by atoms with van der Waals surface area (Å²) in [6.45, 7) is 3.27. The van der Waals surface area contributed by atoms with E-state index in [4.69, 9.17) is 0 Å². The molecule has 1 heterocycles. The van der Waals surface area contributed by atoms with Crippen LogP contribution in [0.2, 0.25) is 0 Å². The van der Waals surface area contributed by atoms with Gasteiger partial charge in [0.05, 0.1) is 5.75 Å². The molecule has 1 aliphatic heterocycles. The molecule has 18 heavy (non-hydrogen) atoms. The van der Waals surface area contributed by atoms with E-state index >= 15 is 0 Å². The molecule has 0 spiro atoms. The number of benzene rings is 1. The van der Waals surface area contributed by atoms with Crippen molar-refractivity contribution in [3.63, 3.8) is 0 Å². The second-order valence-corrected chi connectivity index (χ2v) is 7.37. The lowest BCUT2D eigenvalue weighted by molar-refractivity contribution is 0.221. The van der Waals surface area contributed by atoms with Crippen LogP contribution in [0.25, 0.3) is 0 Å². The lowest BCUT2D eigenvalue weighted by atomic mass is 10.1. The summed E-state index contributed by atoms with van der Waals surface area (Å²) in [5.41, 5.74) is 2.12. The van der Waals surface area contributed by atoms with Crippen LogP contribution in [0.3, 0.4) is 0 Å². The summed E-state index contributed by atoms with van der Waals surface area (Å²) in [6.07, 6.45) is 5.18. The van der Waals surface area contributed by atoms with Crippen molar-refractivity contribution in [1.29, 1.82) is 0 Å². The topological polar surface area (TPSA) is 37.4 Å². The fourth-order valence-electron chi connectivity index (χ4n) is 2.50. The van der Waals surface area contributed by atoms with Gasteiger partial charge >= 0.3 is 0 Å². The van der Waals surface area contributed by atoms with E-state index in [1.54, 1.807) is 0 Å². The minimum atomic E-state index is -2.94. The quantitative estimate of drug-likeness (QED) is 0.839. The first-order valence-electron chi connectivity index (χ1n) is 6.51. The largest absolute Gasteiger partial charge is 0.299 e. The summed E-state index contributed by atoms with van der Waals surface area (Å²) >= 11 is 0. The highest BCUT2D eigenvalue weighted by atomic mass is 32.2. The molecule has 0 aromatic heterocycles. The van der Waals surface area contributed by atoms with Crippen LogP contribution in [0.15, 0.2) is 24.3 Å². The first-order chi connectivity index (χ1) is 8.53.